The van der Waals surface area contributed by atoms with E-state index in [1.165, 1.54) is 24.7 Å². The van der Waals surface area contributed by atoms with E-state index < -0.39 is 56.0 Å². The number of rotatable bonds is 11. The number of benzene rings is 2. The maximum atomic E-state index is 13.9. The lowest BCUT2D eigenvalue weighted by atomic mass is 9.96. The summed E-state index contributed by atoms with van der Waals surface area (Å²) in [7, 11) is -4.32. The number of nitrogen functional groups attached to an aromatic ring is 1. The van der Waals surface area contributed by atoms with Gasteiger partial charge in [0.25, 0.3) is 5.56 Å². The topological polar surface area (TPSA) is 213 Å². The number of esters is 1. The van der Waals surface area contributed by atoms with Gasteiger partial charge < -0.3 is 29.9 Å². The Hall–Kier alpha value is -4.11. The van der Waals surface area contributed by atoms with Crippen molar-refractivity contribution in [3.63, 3.8) is 0 Å². The van der Waals surface area contributed by atoms with E-state index in [0.717, 1.165) is 5.56 Å². The summed E-state index contributed by atoms with van der Waals surface area (Å²) in [6, 6.07) is 16.0. The van der Waals surface area contributed by atoms with Crippen LogP contribution >= 0.6 is 7.75 Å². The van der Waals surface area contributed by atoms with Gasteiger partial charge in [-0.15, -0.1) is 0 Å². The average molecular weight is 615 g/mol. The molecule has 43 heavy (non-hydrogen) atoms. The minimum atomic E-state index is -4.32. The van der Waals surface area contributed by atoms with Crippen LogP contribution in [-0.2, 0) is 30.0 Å². The van der Waals surface area contributed by atoms with Gasteiger partial charge in [0.2, 0.25) is 5.95 Å². The first kappa shape index (κ1) is 30.4. The highest BCUT2D eigenvalue weighted by molar-refractivity contribution is 7.52. The van der Waals surface area contributed by atoms with Gasteiger partial charge in [0.05, 0.1) is 12.9 Å². The van der Waals surface area contributed by atoms with Crippen molar-refractivity contribution in [3.05, 3.63) is 82.9 Å². The molecule has 0 amide bonds. The predicted molar refractivity (Wildman–Crippen MR) is 153 cm³/mol. The Balaban J connectivity index is 1.32. The molecular formula is C27H31N6O9P. The Morgan fingerprint density at radius 2 is 1.91 bits per heavy atom. The molecule has 5 rings (SSSR count). The van der Waals surface area contributed by atoms with Crippen LogP contribution in [0.1, 0.15) is 25.6 Å². The van der Waals surface area contributed by atoms with E-state index >= 15 is 0 Å². The summed E-state index contributed by atoms with van der Waals surface area (Å²) >= 11 is 0. The fourth-order valence-electron chi connectivity index (χ4n) is 4.52. The number of carbonyl (C=O) groups is 1. The SMILES string of the molecule is C[C@H](NP(=O)(OC[C@H]1O[C@@H](n2cnc3c(=O)[nH]c(N)nc32)[C@](C)(O)[C@@H]1O)Oc1ccccc1)C(=O)OCc1ccccc1. The summed E-state index contributed by atoms with van der Waals surface area (Å²) in [5, 5.41) is 24.7. The number of nitrogens with one attached hydrogen (secondary N) is 2. The van der Waals surface area contributed by atoms with Crippen LogP contribution in [0.3, 0.4) is 0 Å². The molecule has 15 nitrogen and oxygen atoms in total. The van der Waals surface area contributed by atoms with E-state index in [1.807, 2.05) is 18.2 Å². The highest BCUT2D eigenvalue weighted by Crippen LogP contribution is 2.47. The zero-order valence-corrected chi connectivity index (χ0v) is 24.1. The molecule has 1 aliphatic heterocycles. The Morgan fingerprint density at radius 1 is 1.23 bits per heavy atom. The van der Waals surface area contributed by atoms with E-state index in [-0.39, 0.29) is 29.5 Å². The number of fused-ring (bicyclic) bond motifs is 1. The minimum Gasteiger partial charge on any atom is -0.460 e. The molecule has 2 aromatic heterocycles. The molecule has 2 aromatic carbocycles. The maximum absolute atomic E-state index is 13.9. The van der Waals surface area contributed by atoms with E-state index in [4.69, 9.17) is 24.3 Å². The number of imidazole rings is 1. The number of para-hydroxylation sites is 1. The van der Waals surface area contributed by atoms with Crippen molar-refractivity contribution < 1.29 is 38.1 Å². The van der Waals surface area contributed by atoms with Crippen molar-refractivity contribution in [3.8, 4) is 5.75 Å². The van der Waals surface area contributed by atoms with Crippen LogP contribution in [-0.4, -0.2) is 66.2 Å². The van der Waals surface area contributed by atoms with Crippen LogP contribution < -0.4 is 20.9 Å². The van der Waals surface area contributed by atoms with Crippen LogP contribution in [0, 0.1) is 0 Å². The molecular weight excluding hydrogens is 583 g/mol. The first-order valence-corrected chi connectivity index (χ1v) is 14.8. The number of hydrogen-bond donors (Lipinski definition) is 5. The molecule has 0 aliphatic carbocycles. The molecule has 0 radical (unpaired) electrons. The van der Waals surface area contributed by atoms with E-state index in [9.17, 15) is 24.4 Å². The van der Waals surface area contributed by atoms with E-state index in [2.05, 4.69) is 20.0 Å². The second kappa shape index (κ2) is 12.2. The summed E-state index contributed by atoms with van der Waals surface area (Å²) in [5.41, 5.74) is 3.87. The zero-order chi connectivity index (χ0) is 30.8. The minimum absolute atomic E-state index is 0.00425. The maximum Gasteiger partial charge on any atom is 0.459 e. The molecule has 0 spiro atoms. The number of aliphatic hydroxyl groups excluding tert-OH is 1. The number of hydrogen-bond acceptors (Lipinski definition) is 12. The van der Waals surface area contributed by atoms with Gasteiger partial charge in [-0.05, 0) is 31.5 Å². The molecule has 4 aromatic rings. The van der Waals surface area contributed by atoms with Crippen LogP contribution in [0.15, 0.2) is 71.8 Å². The lowest BCUT2D eigenvalue weighted by Crippen LogP contribution is -2.44. The number of nitrogens with zero attached hydrogens (tertiary/aromatic N) is 3. The van der Waals surface area contributed by atoms with Gasteiger partial charge >= 0.3 is 13.7 Å². The van der Waals surface area contributed by atoms with Gasteiger partial charge in [-0.2, -0.15) is 10.1 Å². The number of aromatic amines is 1. The molecule has 0 bridgehead atoms. The number of anilines is 1. The molecule has 1 fully saturated rings. The lowest BCUT2D eigenvalue weighted by Gasteiger charge is -2.27. The average Bonchev–Trinajstić information content (AvgIpc) is 3.49. The first-order chi connectivity index (χ1) is 20.5. The fourth-order valence-corrected chi connectivity index (χ4v) is 6.02. The van der Waals surface area contributed by atoms with Gasteiger partial charge in [0, 0.05) is 0 Å². The molecule has 3 heterocycles. The summed E-state index contributed by atoms with van der Waals surface area (Å²) < 4.78 is 37.7. The quantitative estimate of drug-likeness (QED) is 0.120. The summed E-state index contributed by atoms with van der Waals surface area (Å²) in [5.74, 6) is -0.711. The fraction of sp³-hybridized carbons (Fsp3) is 0.333. The third-order valence-corrected chi connectivity index (χ3v) is 8.41. The highest BCUT2D eigenvalue weighted by atomic mass is 31.2. The van der Waals surface area contributed by atoms with Crippen molar-refractivity contribution in [2.24, 2.45) is 0 Å². The van der Waals surface area contributed by atoms with Crippen molar-refractivity contribution >= 4 is 30.8 Å². The molecule has 1 saturated heterocycles. The molecule has 6 atom stereocenters. The van der Waals surface area contributed by atoms with Gasteiger partial charge in [-0.25, -0.2) is 9.55 Å². The smallest absolute Gasteiger partial charge is 0.459 e. The Bertz CT molecular complexity index is 1680. The Kier molecular flexibility index (Phi) is 8.64. The van der Waals surface area contributed by atoms with Crippen LogP contribution in [0.4, 0.5) is 5.95 Å². The van der Waals surface area contributed by atoms with Crippen molar-refractivity contribution in [1.82, 2.24) is 24.6 Å². The predicted octanol–water partition coefficient (Wildman–Crippen LogP) is 1.64. The third-order valence-electron chi connectivity index (χ3n) is 6.76. The number of ether oxygens (including phenoxy) is 2. The lowest BCUT2D eigenvalue weighted by molar-refractivity contribution is -0.146. The number of carbonyl (C=O) groups excluding carboxylic acids is 1. The van der Waals surface area contributed by atoms with Crippen LogP contribution in [0.25, 0.3) is 11.2 Å². The monoisotopic (exact) mass is 614 g/mol. The van der Waals surface area contributed by atoms with Crippen molar-refractivity contribution in [2.45, 2.75) is 50.5 Å². The number of H-pyrrole nitrogens is 1. The number of aromatic nitrogens is 4. The number of aliphatic hydroxyl groups is 2. The van der Waals surface area contributed by atoms with Crippen molar-refractivity contribution in [1.29, 1.82) is 0 Å². The summed E-state index contributed by atoms with van der Waals surface area (Å²) in [6.45, 7) is 2.21. The third kappa shape index (κ3) is 6.62. The second-order valence-electron chi connectivity index (χ2n) is 10.1. The van der Waals surface area contributed by atoms with E-state index in [0.29, 0.717) is 0 Å². The molecule has 6 N–H and O–H groups in total. The van der Waals surface area contributed by atoms with E-state index in [1.54, 1.807) is 42.5 Å². The molecule has 1 unspecified atom stereocenters. The van der Waals surface area contributed by atoms with Gasteiger partial charge in [0.1, 0.15) is 36.2 Å². The normalized spacial score (nSPS) is 24.0. The Labute approximate surface area is 245 Å². The van der Waals surface area contributed by atoms with Crippen LogP contribution in [0.5, 0.6) is 5.75 Å². The summed E-state index contributed by atoms with van der Waals surface area (Å²) in [4.78, 5) is 35.3. The molecule has 228 valence electrons. The molecule has 1 aliphatic rings. The summed E-state index contributed by atoms with van der Waals surface area (Å²) in [6.07, 6.45) is -2.88. The van der Waals surface area contributed by atoms with Crippen molar-refractivity contribution in [2.75, 3.05) is 12.3 Å². The van der Waals surface area contributed by atoms with Gasteiger partial charge in [-0.1, -0.05) is 48.5 Å². The molecule has 0 saturated carbocycles. The second-order valence-corrected chi connectivity index (χ2v) is 11.8. The molecule has 16 heteroatoms. The highest BCUT2D eigenvalue weighted by Gasteiger charge is 2.54. The number of nitrogens with two attached hydrogens (primary N) is 1. The standard InChI is InChI=1S/C27H31N6O9P/c1-16(24(36)39-13-17-9-5-3-6-10-17)32-43(38,42-18-11-7-4-8-12-18)40-14-19-21(34)27(2,37)25(41-19)33-15-29-20-22(33)30-26(28)31-23(20)35/h3-12,15-16,19,21,25,34,37H,13-14H2,1-2H3,(H,32,38)(H3,28,30,31,35)/t16-,19+,21+,25+,27+,43?/m0/s1. The van der Waals surface area contributed by atoms with Crippen LogP contribution in [0.2, 0.25) is 0 Å². The van der Waals surface area contributed by atoms with Gasteiger partial charge in [0.15, 0.2) is 17.4 Å². The largest absolute Gasteiger partial charge is 0.460 e. The Morgan fingerprint density at radius 3 is 2.60 bits per heavy atom. The van der Waals surface area contributed by atoms with Gasteiger partial charge in [-0.3, -0.25) is 23.7 Å². The zero-order valence-electron chi connectivity index (χ0n) is 23.2. The first-order valence-electron chi connectivity index (χ1n) is 13.2.